The van der Waals surface area contributed by atoms with Crippen molar-refractivity contribution in [2.45, 2.75) is 32.2 Å². The van der Waals surface area contributed by atoms with Gasteiger partial charge in [-0.2, -0.15) is 0 Å². The number of rotatable bonds is 5. The van der Waals surface area contributed by atoms with Crippen LogP contribution in [0.1, 0.15) is 37.3 Å². The number of fused-ring (bicyclic) bond motifs is 3. The van der Waals surface area contributed by atoms with Crippen LogP contribution in [0.15, 0.2) is 48.5 Å². The molecule has 1 aliphatic rings. The Morgan fingerprint density at radius 2 is 1.57 bits per heavy atom. The van der Waals surface area contributed by atoms with E-state index in [9.17, 15) is 4.79 Å². The molecule has 2 aromatic carbocycles. The van der Waals surface area contributed by atoms with E-state index in [-0.39, 0.29) is 11.9 Å². The van der Waals surface area contributed by atoms with Gasteiger partial charge in [0.15, 0.2) is 0 Å². The van der Waals surface area contributed by atoms with Gasteiger partial charge in [0, 0.05) is 5.92 Å². The van der Waals surface area contributed by atoms with E-state index in [1.54, 1.807) is 0 Å². The monoisotopic (exact) mass is 309 g/mol. The molecule has 1 atom stereocenters. The molecule has 0 aliphatic heterocycles. The number of benzene rings is 2. The Morgan fingerprint density at radius 1 is 1.04 bits per heavy atom. The summed E-state index contributed by atoms with van der Waals surface area (Å²) >= 11 is 0. The fourth-order valence-electron chi connectivity index (χ4n) is 3.32. The summed E-state index contributed by atoms with van der Waals surface area (Å²) < 4.78 is 5.54. The van der Waals surface area contributed by atoms with E-state index < -0.39 is 6.04 Å². The Hall–Kier alpha value is -2.13. The quantitative estimate of drug-likeness (QED) is 0.857. The van der Waals surface area contributed by atoms with Gasteiger partial charge in [-0.25, -0.2) is 0 Å². The summed E-state index contributed by atoms with van der Waals surface area (Å²) in [6, 6.07) is 16.1. The average molecular weight is 309 g/mol. The maximum atomic E-state index is 12.1. The van der Waals surface area contributed by atoms with E-state index in [2.05, 4.69) is 38.1 Å². The van der Waals surface area contributed by atoms with E-state index >= 15 is 0 Å². The topological polar surface area (TPSA) is 52.3 Å². The third kappa shape index (κ3) is 3.15. The number of carbonyl (C=O) groups excluding carboxylic acids is 1. The zero-order valence-electron chi connectivity index (χ0n) is 13.7. The second-order valence-corrected chi connectivity index (χ2v) is 6.59. The van der Waals surface area contributed by atoms with Gasteiger partial charge < -0.3 is 10.5 Å². The molecule has 0 saturated heterocycles. The molecule has 2 N–H and O–H groups in total. The number of nitrogens with two attached hydrogens (primary N) is 1. The summed E-state index contributed by atoms with van der Waals surface area (Å²) in [5.41, 5.74) is 10.8. The first-order valence-electron chi connectivity index (χ1n) is 8.18. The van der Waals surface area contributed by atoms with Crippen LogP contribution in [-0.2, 0) is 9.53 Å². The minimum absolute atomic E-state index is 0.0950. The van der Waals surface area contributed by atoms with Crippen molar-refractivity contribution < 1.29 is 9.53 Å². The maximum Gasteiger partial charge on any atom is 0.322 e. The molecule has 0 aromatic heterocycles. The normalized spacial score (nSPS) is 14.4. The molecule has 3 rings (SSSR count). The molecular weight excluding hydrogens is 286 g/mol. The van der Waals surface area contributed by atoms with Crippen LogP contribution < -0.4 is 5.73 Å². The molecule has 0 heterocycles. The smallest absolute Gasteiger partial charge is 0.322 e. The van der Waals surface area contributed by atoms with Crippen LogP contribution in [0.5, 0.6) is 0 Å². The predicted octanol–water partition coefficient (Wildman–Crippen LogP) is 3.72. The Labute approximate surface area is 137 Å². The molecule has 0 bridgehead atoms. The van der Waals surface area contributed by atoms with Crippen molar-refractivity contribution in [2.24, 2.45) is 11.7 Å². The molecule has 0 spiro atoms. The molecule has 3 nitrogen and oxygen atoms in total. The molecule has 0 amide bonds. The number of esters is 1. The van der Waals surface area contributed by atoms with Gasteiger partial charge in [-0.3, -0.25) is 4.79 Å². The van der Waals surface area contributed by atoms with E-state index in [0.717, 1.165) is 0 Å². The lowest BCUT2D eigenvalue weighted by molar-refractivity contribution is -0.145. The first-order chi connectivity index (χ1) is 11.1. The highest BCUT2D eigenvalue weighted by molar-refractivity contribution is 5.79. The van der Waals surface area contributed by atoms with Crippen molar-refractivity contribution in [3.05, 3.63) is 59.7 Å². The van der Waals surface area contributed by atoms with Gasteiger partial charge in [-0.15, -0.1) is 0 Å². The molecular formula is C20H23NO2. The fourth-order valence-corrected chi connectivity index (χ4v) is 3.32. The summed E-state index contributed by atoms with van der Waals surface area (Å²) in [7, 11) is 0. The predicted molar refractivity (Wildman–Crippen MR) is 92.1 cm³/mol. The molecule has 0 fully saturated rings. The Balaban J connectivity index is 1.77. The molecule has 0 saturated carbocycles. The van der Waals surface area contributed by atoms with Crippen LogP contribution in [-0.4, -0.2) is 18.6 Å². The minimum atomic E-state index is -0.540. The molecule has 23 heavy (non-hydrogen) atoms. The Morgan fingerprint density at radius 3 is 2.09 bits per heavy atom. The van der Waals surface area contributed by atoms with E-state index in [1.807, 2.05) is 24.3 Å². The summed E-state index contributed by atoms with van der Waals surface area (Å²) in [5.74, 6) is 0.170. The zero-order chi connectivity index (χ0) is 16.4. The van der Waals surface area contributed by atoms with Gasteiger partial charge in [0.25, 0.3) is 0 Å². The first-order valence-corrected chi connectivity index (χ1v) is 8.18. The Bertz CT molecular complexity index is 663. The van der Waals surface area contributed by atoms with E-state index in [0.29, 0.717) is 18.9 Å². The summed E-state index contributed by atoms with van der Waals surface area (Å²) in [6.07, 6.45) is 0.649. The molecule has 0 unspecified atom stereocenters. The van der Waals surface area contributed by atoms with Crippen LogP contribution in [0.3, 0.4) is 0 Å². The third-order valence-corrected chi connectivity index (χ3v) is 4.38. The van der Waals surface area contributed by atoms with Crippen molar-refractivity contribution in [2.75, 3.05) is 6.61 Å². The molecule has 3 heteroatoms. The number of hydrogen-bond acceptors (Lipinski definition) is 3. The van der Waals surface area contributed by atoms with Crippen LogP contribution in [0.2, 0.25) is 0 Å². The zero-order valence-corrected chi connectivity index (χ0v) is 13.7. The largest absolute Gasteiger partial charge is 0.464 e. The van der Waals surface area contributed by atoms with Crippen molar-refractivity contribution in [1.29, 1.82) is 0 Å². The molecule has 120 valence electrons. The number of ether oxygens (including phenoxy) is 1. The summed E-state index contributed by atoms with van der Waals surface area (Å²) in [4.78, 5) is 12.1. The van der Waals surface area contributed by atoms with Gasteiger partial charge in [0.1, 0.15) is 12.6 Å². The van der Waals surface area contributed by atoms with Crippen LogP contribution in [0.4, 0.5) is 0 Å². The standard InChI is InChI=1S/C20H23NO2/c1-13(2)11-19(21)20(22)23-12-18-16-9-5-3-7-14(16)15-8-4-6-10-17(15)18/h3-10,13,18-19H,11-12,21H2,1-2H3/t19-/m0/s1. The lowest BCUT2D eigenvalue weighted by Gasteiger charge is -2.17. The van der Waals surface area contributed by atoms with Gasteiger partial charge in [0.05, 0.1) is 0 Å². The van der Waals surface area contributed by atoms with Crippen molar-refractivity contribution >= 4 is 5.97 Å². The van der Waals surface area contributed by atoms with E-state index in [4.69, 9.17) is 10.5 Å². The Kier molecular flexibility index (Phi) is 4.49. The van der Waals surface area contributed by atoms with Crippen molar-refractivity contribution in [1.82, 2.24) is 0 Å². The highest BCUT2D eigenvalue weighted by atomic mass is 16.5. The minimum Gasteiger partial charge on any atom is -0.464 e. The van der Waals surface area contributed by atoms with Gasteiger partial charge >= 0.3 is 5.97 Å². The average Bonchev–Trinajstić information content (AvgIpc) is 2.86. The molecule has 1 aliphatic carbocycles. The van der Waals surface area contributed by atoms with Gasteiger partial charge in [-0.1, -0.05) is 62.4 Å². The third-order valence-electron chi connectivity index (χ3n) is 4.38. The van der Waals surface area contributed by atoms with Crippen molar-refractivity contribution in [3.63, 3.8) is 0 Å². The van der Waals surface area contributed by atoms with Crippen LogP contribution in [0.25, 0.3) is 11.1 Å². The number of carbonyl (C=O) groups is 1. The van der Waals surface area contributed by atoms with E-state index in [1.165, 1.54) is 22.3 Å². The van der Waals surface area contributed by atoms with Gasteiger partial charge in [-0.05, 0) is 34.6 Å². The second kappa shape index (κ2) is 6.55. The lowest BCUT2D eigenvalue weighted by atomic mass is 9.98. The van der Waals surface area contributed by atoms with Gasteiger partial charge in [0.2, 0.25) is 0 Å². The maximum absolute atomic E-state index is 12.1. The lowest BCUT2D eigenvalue weighted by Crippen LogP contribution is -2.34. The van der Waals surface area contributed by atoms with Crippen LogP contribution >= 0.6 is 0 Å². The highest BCUT2D eigenvalue weighted by Crippen LogP contribution is 2.44. The number of hydrogen-bond donors (Lipinski definition) is 1. The SMILES string of the molecule is CC(C)C[C@H](N)C(=O)OCC1c2ccccc2-c2ccccc21. The van der Waals surface area contributed by atoms with Crippen molar-refractivity contribution in [3.8, 4) is 11.1 Å². The summed E-state index contributed by atoms with van der Waals surface area (Å²) in [6.45, 7) is 4.45. The highest BCUT2D eigenvalue weighted by Gasteiger charge is 2.29. The molecule has 2 aromatic rings. The first kappa shape index (κ1) is 15.8. The second-order valence-electron chi connectivity index (χ2n) is 6.59. The molecule has 0 radical (unpaired) electrons. The fraction of sp³-hybridized carbons (Fsp3) is 0.350. The van der Waals surface area contributed by atoms with Crippen LogP contribution in [0, 0.1) is 5.92 Å². The summed E-state index contributed by atoms with van der Waals surface area (Å²) in [5, 5.41) is 0.